The summed E-state index contributed by atoms with van der Waals surface area (Å²) < 4.78 is 1.84. The van der Waals surface area contributed by atoms with Crippen LogP contribution < -0.4 is 0 Å². The molecule has 15 heavy (non-hydrogen) atoms. The fraction of sp³-hybridized carbons (Fsp3) is 0.100. The highest BCUT2D eigenvalue weighted by atomic mass is 15.4. The number of aryl methyl sites for hydroxylation is 1. The van der Waals surface area contributed by atoms with E-state index in [1.165, 1.54) is 0 Å². The van der Waals surface area contributed by atoms with E-state index in [9.17, 15) is 0 Å². The maximum Gasteiger partial charge on any atom is 0.186 e. The molecule has 0 unspecified atom stereocenters. The summed E-state index contributed by atoms with van der Waals surface area (Å²) in [5.74, 6) is 0.840. The van der Waals surface area contributed by atoms with Gasteiger partial charge in [0.2, 0.25) is 0 Å². The lowest BCUT2D eigenvalue weighted by molar-refractivity contribution is 0.894. The van der Waals surface area contributed by atoms with Gasteiger partial charge < -0.3 is 0 Å². The molecule has 0 saturated carbocycles. The standard InChI is InChI=1S/C10H9N5/c1-7-13-14-10-8(6-12-15(7)10)9-4-2-3-5-11-9/h2-6,12H,1H3. The van der Waals surface area contributed by atoms with Gasteiger partial charge in [0.1, 0.15) is 5.82 Å². The van der Waals surface area contributed by atoms with Crippen LogP contribution in [0.4, 0.5) is 0 Å². The summed E-state index contributed by atoms with van der Waals surface area (Å²) in [5.41, 5.74) is 2.68. The summed E-state index contributed by atoms with van der Waals surface area (Å²) in [6.45, 7) is 1.90. The van der Waals surface area contributed by atoms with Crippen LogP contribution in [0.2, 0.25) is 0 Å². The van der Waals surface area contributed by atoms with Crippen molar-refractivity contribution in [3.63, 3.8) is 0 Å². The minimum absolute atomic E-state index is 0.811. The molecule has 0 aliphatic rings. The fourth-order valence-corrected chi connectivity index (χ4v) is 1.60. The minimum Gasteiger partial charge on any atom is -0.298 e. The first-order valence-electron chi connectivity index (χ1n) is 4.67. The Morgan fingerprint density at radius 2 is 2.20 bits per heavy atom. The molecule has 0 radical (unpaired) electrons. The van der Waals surface area contributed by atoms with Crippen molar-refractivity contribution in [1.82, 2.24) is 24.8 Å². The molecule has 1 N–H and O–H groups in total. The van der Waals surface area contributed by atoms with E-state index in [1.807, 2.05) is 35.8 Å². The molecule has 5 heteroatoms. The van der Waals surface area contributed by atoms with E-state index in [0.29, 0.717) is 0 Å². The number of hydrogen-bond acceptors (Lipinski definition) is 3. The summed E-state index contributed by atoms with van der Waals surface area (Å²) >= 11 is 0. The molecule has 3 aromatic rings. The Kier molecular flexibility index (Phi) is 1.58. The molecule has 0 aliphatic carbocycles. The quantitative estimate of drug-likeness (QED) is 0.645. The third kappa shape index (κ3) is 1.13. The van der Waals surface area contributed by atoms with E-state index in [2.05, 4.69) is 20.3 Å². The van der Waals surface area contributed by atoms with Gasteiger partial charge in [0.05, 0.1) is 11.3 Å². The second-order valence-electron chi connectivity index (χ2n) is 3.31. The molecule has 3 heterocycles. The lowest BCUT2D eigenvalue weighted by Gasteiger charge is -1.93. The van der Waals surface area contributed by atoms with Crippen LogP contribution in [0.15, 0.2) is 30.6 Å². The highest BCUT2D eigenvalue weighted by Gasteiger charge is 2.10. The molecule has 0 aliphatic heterocycles. The van der Waals surface area contributed by atoms with E-state index < -0.39 is 0 Å². The normalized spacial score (nSPS) is 11.0. The van der Waals surface area contributed by atoms with Crippen molar-refractivity contribution >= 4 is 5.65 Å². The Morgan fingerprint density at radius 3 is 3.00 bits per heavy atom. The SMILES string of the molecule is Cc1nnc2c(-c3ccccn3)c[nH]n12. The first-order chi connectivity index (χ1) is 7.36. The maximum atomic E-state index is 4.28. The van der Waals surface area contributed by atoms with Crippen LogP contribution in [-0.2, 0) is 0 Å². The van der Waals surface area contributed by atoms with Gasteiger partial charge in [-0.2, -0.15) is 0 Å². The monoisotopic (exact) mass is 199 g/mol. The predicted octanol–water partition coefficient (Wildman–Crippen LogP) is 1.43. The van der Waals surface area contributed by atoms with Crippen molar-refractivity contribution in [3.8, 4) is 11.3 Å². The largest absolute Gasteiger partial charge is 0.298 e. The van der Waals surface area contributed by atoms with E-state index in [1.54, 1.807) is 6.20 Å². The van der Waals surface area contributed by atoms with Gasteiger partial charge in [0.25, 0.3) is 0 Å². The Labute approximate surface area is 85.8 Å². The van der Waals surface area contributed by atoms with Gasteiger partial charge in [0.15, 0.2) is 5.65 Å². The zero-order chi connectivity index (χ0) is 10.3. The van der Waals surface area contributed by atoms with Crippen LogP contribution >= 0.6 is 0 Å². The fourth-order valence-electron chi connectivity index (χ4n) is 1.60. The molecule has 0 aromatic carbocycles. The summed E-state index contributed by atoms with van der Waals surface area (Å²) in [7, 11) is 0. The zero-order valence-electron chi connectivity index (χ0n) is 8.18. The average molecular weight is 199 g/mol. The van der Waals surface area contributed by atoms with E-state index >= 15 is 0 Å². The Hall–Kier alpha value is -2.17. The first kappa shape index (κ1) is 8.16. The molecule has 74 valence electrons. The van der Waals surface area contributed by atoms with Crippen LogP contribution in [0, 0.1) is 6.92 Å². The lowest BCUT2D eigenvalue weighted by atomic mass is 10.2. The van der Waals surface area contributed by atoms with Crippen LogP contribution in [-0.4, -0.2) is 24.8 Å². The number of aromatic nitrogens is 5. The number of hydrogen-bond donors (Lipinski definition) is 1. The molecule has 0 saturated heterocycles. The molecule has 0 atom stereocenters. The minimum atomic E-state index is 0.811. The van der Waals surface area contributed by atoms with Crippen molar-refractivity contribution in [2.24, 2.45) is 0 Å². The Morgan fingerprint density at radius 1 is 1.27 bits per heavy atom. The van der Waals surface area contributed by atoms with E-state index in [0.717, 1.165) is 22.7 Å². The third-order valence-electron chi connectivity index (χ3n) is 2.34. The van der Waals surface area contributed by atoms with Gasteiger partial charge in [-0.25, -0.2) is 4.52 Å². The Balaban J connectivity index is 2.28. The topological polar surface area (TPSA) is 58.9 Å². The van der Waals surface area contributed by atoms with Crippen molar-refractivity contribution in [1.29, 1.82) is 0 Å². The number of fused-ring (bicyclic) bond motifs is 1. The number of aromatic amines is 1. The van der Waals surface area contributed by atoms with Gasteiger partial charge in [0, 0.05) is 12.4 Å². The lowest BCUT2D eigenvalue weighted by Crippen LogP contribution is -1.85. The smallest absolute Gasteiger partial charge is 0.186 e. The molecule has 0 bridgehead atoms. The second kappa shape index (κ2) is 2.91. The van der Waals surface area contributed by atoms with Gasteiger partial charge in [-0.1, -0.05) is 6.07 Å². The number of nitrogens with one attached hydrogen (secondary N) is 1. The zero-order valence-corrected chi connectivity index (χ0v) is 8.18. The van der Waals surface area contributed by atoms with Crippen LogP contribution in [0.3, 0.4) is 0 Å². The predicted molar refractivity (Wildman–Crippen MR) is 55.3 cm³/mol. The Bertz CT molecular complexity index is 593. The van der Waals surface area contributed by atoms with E-state index in [-0.39, 0.29) is 0 Å². The van der Waals surface area contributed by atoms with Gasteiger partial charge in [-0.3, -0.25) is 10.1 Å². The van der Waals surface area contributed by atoms with Crippen molar-refractivity contribution in [2.45, 2.75) is 6.92 Å². The molecule has 5 nitrogen and oxygen atoms in total. The molecular formula is C10H9N5. The van der Waals surface area contributed by atoms with Crippen molar-refractivity contribution < 1.29 is 0 Å². The van der Waals surface area contributed by atoms with Gasteiger partial charge >= 0.3 is 0 Å². The van der Waals surface area contributed by atoms with E-state index in [4.69, 9.17) is 0 Å². The molecule has 0 amide bonds. The second-order valence-corrected chi connectivity index (χ2v) is 3.31. The number of nitrogens with zero attached hydrogens (tertiary/aromatic N) is 4. The average Bonchev–Trinajstić information content (AvgIpc) is 2.83. The van der Waals surface area contributed by atoms with Gasteiger partial charge in [-0.15, -0.1) is 10.2 Å². The third-order valence-corrected chi connectivity index (χ3v) is 2.34. The van der Waals surface area contributed by atoms with Crippen LogP contribution in [0.1, 0.15) is 5.82 Å². The summed E-state index contributed by atoms with van der Waals surface area (Å²) in [4.78, 5) is 4.28. The van der Waals surface area contributed by atoms with Crippen LogP contribution in [0.5, 0.6) is 0 Å². The van der Waals surface area contributed by atoms with Crippen molar-refractivity contribution in [3.05, 3.63) is 36.4 Å². The summed E-state index contributed by atoms with van der Waals surface area (Å²) in [5, 5.41) is 11.2. The first-order valence-corrected chi connectivity index (χ1v) is 4.67. The highest BCUT2D eigenvalue weighted by molar-refractivity contribution is 5.73. The highest BCUT2D eigenvalue weighted by Crippen LogP contribution is 2.20. The van der Waals surface area contributed by atoms with Gasteiger partial charge in [-0.05, 0) is 19.1 Å². The molecule has 3 aromatic heterocycles. The summed E-state index contributed by atoms with van der Waals surface area (Å²) in [6, 6.07) is 5.80. The molecular weight excluding hydrogens is 190 g/mol. The molecule has 3 rings (SSSR count). The van der Waals surface area contributed by atoms with Crippen molar-refractivity contribution in [2.75, 3.05) is 0 Å². The summed E-state index contributed by atoms with van der Waals surface area (Å²) in [6.07, 6.45) is 3.65. The number of rotatable bonds is 1. The molecule has 0 fully saturated rings. The maximum absolute atomic E-state index is 4.28. The molecule has 0 spiro atoms. The number of H-pyrrole nitrogens is 1. The van der Waals surface area contributed by atoms with Crippen LogP contribution in [0.25, 0.3) is 16.9 Å². The number of pyridine rings is 1.